The molecule has 0 fully saturated rings. The average molecular weight is 308 g/mol. The van der Waals surface area contributed by atoms with E-state index in [1.54, 1.807) is 6.21 Å². The maximum absolute atomic E-state index is 5.85. The summed E-state index contributed by atoms with van der Waals surface area (Å²) >= 11 is 10.8. The van der Waals surface area contributed by atoms with Gasteiger partial charge in [-0.1, -0.05) is 11.6 Å². The van der Waals surface area contributed by atoms with Gasteiger partial charge in [0.2, 0.25) is 0 Å². The average Bonchev–Trinajstić information content (AvgIpc) is 2.89. The van der Waals surface area contributed by atoms with Crippen LogP contribution < -0.4 is 10.7 Å². The lowest BCUT2D eigenvalue weighted by atomic mass is 10.2. The minimum Gasteiger partial charge on any atom is -0.455 e. The molecule has 1 aromatic carbocycles. The number of nitrogens with zero attached hydrogens (tertiary/aromatic N) is 1. The van der Waals surface area contributed by atoms with E-state index in [2.05, 4.69) is 15.8 Å². The summed E-state index contributed by atoms with van der Waals surface area (Å²) in [6.45, 7) is 2.71. The van der Waals surface area contributed by atoms with Crippen molar-refractivity contribution in [3.8, 4) is 11.3 Å². The van der Waals surface area contributed by atoms with Crippen LogP contribution in [-0.4, -0.2) is 17.9 Å². The Labute approximate surface area is 127 Å². The zero-order valence-corrected chi connectivity index (χ0v) is 12.5. The molecule has 0 spiro atoms. The maximum Gasteiger partial charge on any atom is 0.186 e. The molecule has 0 aliphatic carbocycles. The fraction of sp³-hybridized carbons (Fsp3) is 0.143. The Morgan fingerprint density at radius 1 is 1.30 bits per heavy atom. The standard InChI is InChI=1S/C14H14ClN3OS/c1-2-16-14(20)18-17-9-12-7-8-13(19-12)10-3-5-11(15)6-4-10/h3-9H,2H2,1H3,(H2,16,18,20)/b17-9+. The topological polar surface area (TPSA) is 49.6 Å². The Balaban J connectivity index is 2.00. The van der Waals surface area contributed by atoms with Crippen LogP contribution in [0, 0.1) is 0 Å². The van der Waals surface area contributed by atoms with Crippen LogP contribution >= 0.6 is 23.8 Å². The molecule has 1 aromatic heterocycles. The second-order valence-corrected chi connectivity index (χ2v) is 4.78. The molecule has 0 amide bonds. The first-order valence-electron chi connectivity index (χ1n) is 6.11. The molecule has 0 aliphatic rings. The van der Waals surface area contributed by atoms with Crippen molar-refractivity contribution in [3.05, 3.63) is 47.2 Å². The molecule has 20 heavy (non-hydrogen) atoms. The summed E-state index contributed by atoms with van der Waals surface area (Å²) in [4.78, 5) is 0. The van der Waals surface area contributed by atoms with Gasteiger partial charge >= 0.3 is 0 Å². The van der Waals surface area contributed by atoms with Gasteiger partial charge in [-0.05, 0) is 55.5 Å². The lowest BCUT2D eigenvalue weighted by Gasteiger charge is -2.01. The van der Waals surface area contributed by atoms with Crippen molar-refractivity contribution in [3.63, 3.8) is 0 Å². The number of hydrazone groups is 1. The van der Waals surface area contributed by atoms with Gasteiger partial charge in [-0.25, -0.2) is 0 Å². The number of hydrogen-bond donors (Lipinski definition) is 2. The lowest BCUT2D eigenvalue weighted by Crippen LogP contribution is -2.31. The summed E-state index contributed by atoms with van der Waals surface area (Å²) in [5.41, 5.74) is 3.66. The van der Waals surface area contributed by atoms with Crippen LogP contribution in [0.5, 0.6) is 0 Å². The largest absolute Gasteiger partial charge is 0.455 e. The molecule has 104 valence electrons. The molecule has 0 unspecified atom stereocenters. The van der Waals surface area contributed by atoms with E-state index in [0.717, 1.165) is 17.9 Å². The van der Waals surface area contributed by atoms with Crippen LogP contribution in [0.1, 0.15) is 12.7 Å². The van der Waals surface area contributed by atoms with E-state index in [-0.39, 0.29) is 0 Å². The number of rotatable bonds is 4. The fourth-order valence-electron chi connectivity index (χ4n) is 1.55. The highest BCUT2D eigenvalue weighted by Crippen LogP contribution is 2.23. The van der Waals surface area contributed by atoms with Crippen molar-refractivity contribution in [2.75, 3.05) is 6.54 Å². The molecule has 4 nitrogen and oxygen atoms in total. The third-order valence-corrected chi connectivity index (χ3v) is 2.94. The number of halogens is 1. The molecule has 1 heterocycles. The van der Waals surface area contributed by atoms with Gasteiger partial charge in [0.05, 0.1) is 6.21 Å². The molecule has 0 atom stereocenters. The van der Waals surface area contributed by atoms with E-state index >= 15 is 0 Å². The summed E-state index contributed by atoms with van der Waals surface area (Å²) < 4.78 is 5.66. The van der Waals surface area contributed by atoms with Crippen molar-refractivity contribution in [1.82, 2.24) is 10.7 Å². The molecule has 2 N–H and O–H groups in total. The van der Waals surface area contributed by atoms with Crippen LogP contribution in [0.2, 0.25) is 5.02 Å². The monoisotopic (exact) mass is 307 g/mol. The van der Waals surface area contributed by atoms with Gasteiger partial charge < -0.3 is 9.73 Å². The van der Waals surface area contributed by atoms with E-state index in [1.807, 2.05) is 43.3 Å². The van der Waals surface area contributed by atoms with Crippen LogP contribution in [-0.2, 0) is 0 Å². The Kier molecular flexibility index (Phi) is 5.15. The summed E-state index contributed by atoms with van der Waals surface area (Å²) in [6, 6.07) is 11.2. The maximum atomic E-state index is 5.85. The SMILES string of the molecule is CCNC(=S)N/N=C/c1ccc(-c2ccc(Cl)cc2)o1. The van der Waals surface area contributed by atoms with Crippen LogP contribution in [0.4, 0.5) is 0 Å². The molecule has 2 aromatic rings. The lowest BCUT2D eigenvalue weighted by molar-refractivity contribution is 0.574. The summed E-state index contributed by atoms with van der Waals surface area (Å²) in [5, 5.41) is 8.10. The van der Waals surface area contributed by atoms with Crippen LogP contribution in [0.25, 0.3) is 11.3 Å². The van der Waals surface area contributed by atoms with Crippen molar-refractivity contribution in [1.29, 1.82) is 0 Å². The van der Waals surface area contributed by atoms with Crippen molar-refractivity contribution in [2.24, 2.45) is 5.10 Å². The molecule has 0 aliphatic heterocycles. The summed E-state index contributed by atoms with van der Waals surface area (Å²) in [5.74, 6) is 1.40. The van der Waals surface area contributed by atoms with Crippen molar-refractivity contribution >= 4 is 35.1 Å². The van der Waals surface area contributed by atoms with E-state index in [4.69, 9.17) is 28.2 Å². The minimum atomic E-state index is 0.480. The van der Waals surface area contributed by atoms with E-state index in [0.29, 0.717) is 15.9 Å². The molecular formula is C14H14ClN3OS. The van der Waals surface area contributed by atoms with Gasteiger partial charge in [0.1, 0.15) is 11.5 Å². The highest BCUT2D eigenvalue weighted by molar-refractivity contribution is 7.80. The third-order valence-electron chi connectivity index (χ3n) is 2.45. The minimum absolute atomic E-state index is 0.480. The van der Waals surface area contributed by atoms with E-state index in [9.17, 15) is 0 Å². The fourth-order valence-corrected chi connectivity index (χ4v) is 1.87. The van der Waals surface area contributed by atoms with Gasteiger partial charge in [-0.2, -0.15) is 5.10 Å². The molecule has 0 radical (unpaired) electrons. The molecule has 6 heteroatoms. The molecular weight excluding hydrogens is 294 g/mol. The first-order chi connectivity index (χ1) is 9.69. The number of nitrogens with one attached hydrogen (secondary N) is 2. The Morgan fingerprint density at radius 3 is 2.75 bits per heavy atom. The predicted octanol–water partition coefficient (Wildman–Crippen LogP) is 3.42. The first kappa shape index (κ1) is 14.6. The molecule has 0 bridgehead atoms. The van der Waals surface area contributed by atoms with Gasteiger partial charge in [0.25, 0.3) is 0 Å². The quantitative estimate of drug-likeness (QED) is 0.516. The number of hydrogen-bond acceptors (Lipinski definition) is 3. The van der Waals surface area contributed by atoms with E-state index < -0.39 is 0 Å². The highest BCUT2D eigenvalue weighted by Gasteiger charge is 2.03. The Bertz CT molecular complexity index is 607. The number of benzene rings is 1. The molecule has 0 saturated carbocycles. The molecule has 0 saturated heterocycles. The number of furan rings is 1. The predicted molar refractivity (Wildman–Crippen MR) is 86.2 cm³/mol. The van der Waals surface area contributed by atoms with Gasteiger partial charge in [-0.3, -0.25) is 5.43 Å². The first-order valence-corrected chi connectivity index (χ1v) is 6.90. The Morgan fingerprint density at radius 2 is 2.05 bits per heavy atom. The van der Waals surface area contributed by atoms with Gasteiger partial charge in [-0.15, -0.1) is 0 Å². The Hall–Kier alpha value is -1.85. The third kappa shape index (κ3) is 4.08. The zero-order valence-electron chi connectivity index (χ0n) is 10.9. The van der Waals surface area contributed by atoms with Crippen LogP contribution in [0.3, 0.4) is 0 Å². The molecule has 2 rings (SSSR count). The van der Waals surface area contributed by atoms with Crippen molar-refractivity contribution in [2.45, 2.75) is 6.92 Å². The summed E-state index contributed by atoms with van der Waals surface area (Å²) in [7, 11) is 0. The second-order valence-electron chi connectivity index (χ2n) is 3.94. The smallest absolute Gasteiger partial charge is 0.186 e. The van der Waals surface area contributed by atoms with Gasteiger partial charge in [0.15, 0.2) is 5.11 Å². The highest BCUT2D eigenvalue weighted by atomic mass is 35.5. The number of thiocarbonyl (C=S) groups is 1. The van der Waals surface area contributed by atoms with E-state index in [1.165, 1.54) is 0 Å². The van der Waals surface area contributed by atoms with Gasteiger partial charge in [0, 0.05) is 17.1 Å². The van der Waals surface area contributed by atoms with Crippen LogP contribution in [0.15, 0.2) is 45.9 Å². The normalized spacial score (nSPS) is 10.7. The zero-order chi connectivity index (χ0) is 14.4. The summed E-state index contributed by atoms with van der Waals surface area (Å²) in [6.07, 6.45) is 1.57. The van der Waals surface area contributed by atoms with Crippen molar-refractivity contribution < 1.29 is 4.42 Å². The second kappa shape index (κ2) is 7.07.